The van der Waals surface area contributed by atoms with Crippen molar-refractivity contribution in [3.05, 3.63) is 42.0 Å². The van der Waals surface area contributed by atoms with Gasteiger partial charge in [0.1, 0.15) is 17.9 Å². The quantitative estimate of drug-likeness (QED) is 0.392. The number of nitrogens with zero attached hydrogens (tertiary/aromatic N) is 5. The van der Waals surface area contributed by atoms with Gasteiger partial charge in [-0.05, 0) is 6.07 Å². The zero-order chi connectivity index (χ0) is 17.4. The molecule has 0 atom stereocenters. The van der Waals surface area contributed by atoms with Gasteiger partial charge in [0.25, 0.3) is 0 Å². The van der Waals surface area contributed by atoms with Crippen LogP contribution in [0.4, 0.5) is 0 Å². The first-order valence-electron chi connectivity index (χ1n) is 8.10. The lowest BCUT2D eigenvalue weighted by Crippen LogP contribution is -2.40. The monoisotopic (exact) mass is 458 g/mol. The summed E-state index contributed by atoms with van der Waals surface area (Å²) in [7, 11) is 5.49. The number of methoxy groups -OCH3 is 1. The molecule has 0 aliphatic rings. The lowest BCUT2D eigenvalue weighted by atomic mass is 10.2. The maximum atomic E-state index is 5.41. The van der Waals surface area contributed by atoms with Crippen LogP contribution in [0.5, 0.6) is 5.75 Å². The van der Waals surface area contributed by atoms with Crippen molar-refractivity contribution in [3.63, 3.8) is 0 Å². The molecule has 138 valence electrons. The van der Waals surface area contributed by atoms with Gasteiger partial charge in [-0.15, -0.1) is 34.2 Å². The highest BCUT2D eigenvalue weighted by molar-refractivity contribution is 14.0. The molecule has 0 radical (unpaired) electrons. The Bertz CT molecular complexity index is 673. The number of ether oxygens (including phenoxy) is 1. The highest BCUT2D eigenvalue weighted by atomic mass is 127. The van der Waals surface area contributed by atoms with Crippen molar-refractivity contribution in [1.82, 2.24) is 25.0 Å². The highest BCUT2D eigenvalue weighted by Gasteiger charge is 2.10. The maximum Gasteiger partial charge on any atom is 0.193 e. The second-order valence-electron chi connectivity index (χ2n) is 5.44. The topological polar surface area (TPSA) is 67.6 Å². The average molecular weight is 458 g/mol. The predicted molar refractivity (Wildman–Crippen MR) is 111 cm³/mol. The molecule has 1 aromatic carbocycles. The van der Waals surface area contributed by atoms with Crippen molar-refractivity contribution in [1.29, 1.82) is 0 Å². The van der Waals surface area contributed by atoms with Crippen LogP contribution in [0.25, 0.3) is 0 Å². The summed E-state index contributed by atoms with van der Waals surface area (Å²) in [5.41, 5.74) is 1.12. The number of aliphatic imine (C=N–C) groups is 1. The van der Waals surface area contributed by atoms with Crippen LogP contribution < -0.4 is 10.1 Å². The first-order chi connectivity index (χ1) is 11.7. The minimum absolute atomic E-state index is 0. The van der Waals surface area contributed by atoms with Crippen molar-refractivity contribution in [2.24, 2.45) is 4.99 Å². The molecule has 2 aromatic rings. The summed E-state index contributed by atoms with van der Waals surface area (Å²) >= 11 is 0. The molecule has 0 saturated heterocycles. The molecule has 0 spiro atoms. The van der Waals surface area contributed by atoms with Gasteiger partial charge in [0.2, 0.25) is 0 Å². The number of para-hydroxylation sites is 1. The highest BCUT2D eigenvalue weighted by Crippen LogP contribution is 2.18. The van der Waals surface area contributed by atoms with Crippen LogP contribution in [0.15, 0.2) is 35.6 Å². The Hall–Kier alpha value is -1.84. The Morgan fingerprint density at radius 2 is 2.12 bits per heavy atom. The molecular formula is C17H27IN6O. The van der Waals surface area contributed by atoms with Gasteiger partial charge in [0, 0.05) is 45.7 Å². The zero-order valence-electron chi connectivity index (χ0n) is 15.3. The van der Waals surface area contributed by atoms with E-state index in [4.69, 9.17) is 4.74 Å². The maximum absolute atomic E-state index is 5.41. The molecule has 0 unspecified atom stereocenters. The summed E-state index contributed by atoms with van der Waals surface area (Å²) in [6.07, 6.45) is 2.64. The number of halogens is 1. The fourth-order valence-corrected chi connectivity index (χ4v) is 2.58. The Morgan fingerprint density at radius 1 is 1.36 bits per heavy atom. The van der Waals surface area contributed by atoms with Crippen LogP contribution in [0.2, 0.25) is 0 Å². The van der Waals surface area contributed by atoms with Crippen LogP contribution in [0.1, 0.15) is 18.3 Å². The number of hydrogen-bond donors (Lipinski definition) is 1. The Balaban J connectivity index is 0.00000312. The average Bonchev–Trinajstić information content (AvgIpc) is 3.06. The normalized spacial score (nSPS) is 11.0. The fourth-order valence-electron chi connectivity index (χ4n) is 2.58. The molecule has 1 heterocycles. The molecule has 2 rings (SSSR count). The van der Waals surface area contributed by atoms with E-state index >= 15 is 0 Å². The van der Waals surface area contributed by atoms with E-state index < -0.39 is 0 Å². The number of aryl methyl sites for hydroxylation is 1. The molecule has 25 heavy (non-hydrogen) atoms. The number of benzene rings is 1. The second kappa shape index (κ2) is 10.9. The third-order valence-corrected chi connectivity index (χ3v) is 3.82. The summed E-state index contributed by atoms with van der Waals surface area (Å²) in [4.78, 5) is 6.43. The summed E-state index contributed by atoms with van der Waals surface area (Å²) in [6, 6.07) is 8.02. The van der Waals surface area contributed by atoms with Crippen LogP contribution in [-0.4, -0.2) is 53.4 Å². The number of rotatable bonds is 7. The zero-order valence-corrected chi connectivity index (χ0v) is 17.6. The molecule has 0 bridgehead atoms. The number of nitrogens with one attached hydrogen (secondary N) is 1. The number of hydrogen-bond acceptors (Lipinski definition) is 4. The van der Waals surface area contributed by atoms with E-state index in [1.54, 1.807) is 20.5 Å². The molecule has 7 nitrogen and oxygen atoms in total. The van der Waals surface area contributed by atoms with E-state index in [-0.39, 0.29) is 24.0 Å². The van der Waals surface area contributed by atoms with Gasteiger partial charge in [0.15, 0.2) is 5.96 Å². The van der Waals surface area contributed by atoms with Gasteiger partial charge in [0.05, 0.1) is 7.11 Å². The first-order valence-corrected chi connectivity index (χ1v) is 8.10. The van der Waals surface area contributed by atoms with E-state index in [9.17, 15) is 0 Å². The van der Waals surface area contributed by atoms with Gasteiger partial charge < -0.3 is 19.5 Å². The molecule has 0 amide bonds. The van der Waals surface area contributed by atoms with Crippen molar-refractivity contribution >= 4 is 29.9 Å². The smallest absolute Gasteiger partial charge is 0.193 e. The van der Waals surface area contributed by atoms with Crippen LogP contribution >= 0.6 is 24.0 Å². The van der Waals surface area contributed by atoms with Crippen molar-refractivity contribution in [2.45, 2.75) is 26.4 Å². The van der Waals surface area contributed by atoms with Gasteiger partial charge in [-0.3, -0.25) is 4.99 Å². The molecule has 1 N–H and O–H groups in total. The van der Waals surface area contributed by atoms with Crippen LogP contribution in [-0.2, 0) is 19.5 Å². The third-order valence-electron chi connectivity index (χ3n) is 3.82. The summed E-state index contributed by atoms with van der Waals surface area (Å²) in [5, 5.41) is 11.4. The van der Waals surface area contributed by atoms with Crippen molar-refractivity contribution < 1.29 is 4.74 Å². The van der Waals surface area contributed by atoms with Gasteiger partial charge in [-0.2, -0.15) is 0 Å². The fraction of sp³-hybridized carbons (Fsp3) is 0.471. The Morgan fingerprint density at radius 3 is 2.80 bits per heavy atom. The summed E-state index contributed by atoms with van der Waals surface area (Å²) < 4.78 is 7.47. The second-order valence-corrected chi connectivity index (χ2v) is 5.44. The molecule has 0 aliphatic heterocycles. The predicted octanol–water partition coefficient (Wildman–Crippen LogP) is 2.17. The van der Waals surface area contributed by atoms with Crippen molar-refractivity contribution in [2.75, 3.05) is 27.7 Å². The van der Waals surface area contributed by atoms with Crippen LogP contribution in [0, 0.1) is 0 Å². The van der Waals surface area contributed by atoms with Gasteiger partial charge >= 0.3 is 0 Å². The van der Waals surface area contributed by atoms with Gasteiger partial charge in [-0.25, -0.2) is 0 Å². The minimum atomic E-state index is 0. The van der Waals surface area contributed by atoms with E-state index in [1.807, 2.05) is 25.2 Å². The Kier molecular flexibility index (Phi) is 9.25. The standard InChI is InChI=1S/C17H26N6O.HI/c1-5-16-21-20-13-23(16)11-10-19-17(18-2)22(3)12-14-8-6-7-9-15(14)24-4;/h6-9,13H,5,10-12H2,1-4H3,(H,18,19);1H. The molecule has 0 fully saturated rings. The molecule has 8 heteroatoms. The van der Waals surface area contributed by atoms with Crippen molar-refractivity contribution in [3.8, 4) is 5.75 Å². The molecule has 1 aromatic heterocycles. The molecular weight excluding hydrogens is 431 g/mol. The van der Waals surface area contributed by atoms with E-state index in [0.29, 0.717) is 0 Å². The SMILES string of the molecule is CCc1nncn1CCNC(=NC)N(C)Cc1ccccc1OC.I. The van der Waals surface area contributed by atoms with E-state index in [2.05, 4.69) is 43.0 Å². The molecule has 0 aliphatic carbocycles. The number of guanidine groups is 1. The van der Waals surface area contributed by atoms with Crippen LogP contribution in [0.3, 0.4) is 0 Å². The lowest BCUT2D eigenvalue weighted by Gasteiger charge is -2.23. The van der Waals surface area contributed by atoms with Gasteiger partial charge in [-0.1, -0.05) is 25.1 Å². The largest absolute Gasteiger partial charge is 0.496 e. The molecule has 0 saturated carbocycles. The minimum Gasteiger partial charge on any atom is -0.496 e. The number of aromatic nitrogens is 3. The third kappa shape index (κ3) is 5.87. The lowest BCUT2D eigenvalue weighted by molar-refractivity contribution is 0.395. The van der Waals surface area contributed by atoms with E-state index in [1.165, 1.54) is 0 Å². The summed E-state index contributed by atoms with van der Waals surface area (Å²) in [5.74, 6) is 2.72. The summed E-state index contributed by atoms with van der Waals surface area (Å²) in [6.45, 7) is 4.36. The first kappa shape index (κ1) is 21.2. The van der Waals surface area contributed by atoms with E-state index in [0.717, 1.165) is 49.2 Å². The Labute approximate surface area is 166 Å².